The molecule has 2 rings (SSSR count). The number of carboxylic acids is 1. The number of nitrogens with one attached hydrogen (secondary N) is 2. The number of aromatic nitrogens is 1. The highest BCUT2D eigenvalue weighted by Crippen LogP contribution is 2.18. The van der Waals surface area contributed by atoms with E-state index >= 15 is 0 Å². The van der Waals surface area contributed by atoms with Crippen molar-refractivity contribution in [2.45, 2.75) is 44.2 Å². The van der Waals surface area contributed by atoms with E-state index in [9.17, 15) is 23.1 Å². The van der Waals surface area contributed by atoms with Gasteiger partial charge in [-0.05, 0) is 26.3 Å². The molecule has 3 N–H and O–H groups in total. The molecule has 0 bridgehead atoms. The lowest BCUT2D eigenvalue weighted by atomic mass is 10.1. The van der Waals surface area contributed by atoms with Gasteiger partial charge in [0.15, 0.2) is 5.76 Å². The van der Waals surface area contributed by atoms with Gasteiger partial charge in [0.05, 0.1) is 6.04 Å². The number of hydrogen-bond acceptors (Lipinski definition) is 6. The number of rotatable bonds is 8. The molecule has 0 fully saturated rings. The van der Waals surface area contributed by atoms with E-state index in [0.717, 1.165) is 5.56 Å². The van der Waals surface area contributed by atoms with Gasteiger partial charge >= 0.3 is 5.97 Å². The van der Waals surface area contributed by atoms with Gasteiger partial charge in [0, 0.05) is 6.42 Å². The van der Waals surface area contributed by atoms with Gasteiger partial charge in [-0.15, -0.1) is 0 Å². The average molecular weight is 395 g/mol. The molecule has 2 atom stereocenters. The molecule has 27 heavy (non-hydrogen) atoms. The fourth-order valence-corrected chi connectivity index (χ4v) is 4.08. The molecule has 1 heterocycles. The van der Waals surface area contributed by atoms with E-state index < -0.39 is 34.0 Å². The molecule has 1 aromatic carbocycles. The third kappa shape index (κ3) is 5.14. The second kappa shape index (κ2) is 8.31. The highest BCUT2D eigenvalue weighted by atomic mass is 32.2. The SMILES string of the molecule is Cc1noc(C)c1S(=O)(=O)NC(C)C(=O)NC(Cc1ccccc1)C(=O)O. The summed E-state index contributed by atoms with van der Waals surface area (Å²) in [4.78, 5) is 23.6. The van der Waals surface area contributed by atoms with Crippen LogP contribution in [0.1, 0.15) is 23.9 Å². The zero-order valence-corrected chi connectivity index (χ0v) is 15.9. The number of carbonyl (C=O) groups is 2. The summed E-state index contributed by atoms with van der Waals surface area (Å²) >= 11 is 0. The largest absolute Gasteiger partial charge is 0.480 e. The number of benzene rings is 1. The minimum atomic E-state index is -4.05. The lowest BCUT2D eigenvalue weighted by Gasteiger charge is -2.19. The Labute approximate surface area is 156 Å². The maximum absolute atomic E-state index is 12.5. The summed E-state index contributed by atoms with van der Waals surface area (Å²) in [7, 11) is -4.05. The first-order valence-electron chi connectivity index (χ1n) is 8.14. The van der Waals surface area contributed by atoms with Crippen LogP contribution < -0.4 is 10.0 Å². The Morgan fingerprint density at radius 2 is 1.85 bits per heavy atom. The molecule has 1 amide bonds. The number of nitrogens with zero attached hydrogens (tertiary/aromatic N) is 1. The summed E-state index contributed by atoms with van der Waals surface area (Å²) in [6, 6.07) is 6.42. The number of hydrogen-bond donors (Lipinski definition) is 3. The Balaban J connectivity index is 2.08. The normalized spacial score (nSPS) is 13.7. The lowest BCUT2D eigenvalue weighted by Crippen LogP contribution is -2.51. The van der Waals surface area contributed by atoms with Crippen molar-refractivity contribution in [2.75, 3.05) is 0 Å². The van der Waals surface area contributed by atoms with Gasteiger partial charge in [-0.25, -0.2) is 13.2 Å². The van der Waals surface area contributed by atoms with Gasteiger partial charge in [-0.1, -0.05) is 35.5 Å². The summed E-state index contributed by atoms with van der Waals surface area (Å²) in [6.45, 7) is 4.24. The van der Waals surface area contributed by atoms with Crippen LogP contribution in [0, 0.1) is 13.8 Å². The smallest absolute Gasteiger partial charge is 0.326 e. The predicted molar refractivity (Wildman–Crippen MR) is 95.5 cm³/mol. The molecule has 2 unspecified atom stereocenters. The summed E-state index contributed by atoms with van der Waals surface area (Å²) in [5, 5.41) is 15.3. The molecule has 9 nitrogen and oxygen atoms in total. The molecule has 0 aliphatic carbocycles. The summed E-state index contributed by atoms with van der Waals surface area (Å²) in [6.07, 6.45) is 0.0747. The number of carboxylic acid groups (broad SMARTS) is 1. The van der Waals surface area contributed by atoms with Crippen molar-refractivity contribution in [3.05, 3.63) is 47.3 Å². The highest BCUT2D eigenvalue weighted by Gasteiger charge is 2.30. The third-order valence-corrected chi connectivity index (χ3v) is 5.64. The maximum Gasteiger partial charge on any atom is 0.326 e. The Morgan fingerprint density at radius 1 is 1.22 bits per heavy atom. The fourth-order valence-electron chi connectivity index (χ4n) is 2.55. The van der Waals surface area contributed by atoms with Crippen LogP contribution in [0.25, 0.3) is 0 Å². The van der Waals surface area contributed by atoms with Gasteiger partial charge in [0.2, 0.25) is 15.9 Å². The number of amides is 1. The number of aryl methyl sites for hydroxylation is 2. The van der Waals surface area contributed by atoms with Gasteiger partial charge in [0.1, 0.15) is 16.6 Å². The Kier molecular flexibility index (Phi) is 6.34. The van der Waals surface area contributed by atoms with Crippen LogP contribution in [-0.2, 0) is 26.0 Å². The van der Waals surface area contributed by atoms with Crippen molar-refractivity contribution >= 4 is 21.9 Å². The van der Waals surface area contributed by atoms with Crippen LogP contribution in [0.15, 0.2) is 39.8 Å². The quantitative estimate of drug-likeness (QED) is 0.600. The molecule has 1 aromatic heterocycles. The standard InChI is InChI=1S/C17H21N3O6S/c1-10-15(12(3)26-19-10)27(24,25)20-11(2)16(21)18-14(17(22)23)9-13-7-5-4-6-8-13/h4-8,11,14,20H,9H2,1-3H3,(H,18,21)(H,22,23). The van der Waals surface area contributed by atoms with Gasteiger partial charge in [-0.2, -0.15) is 4.72 Å². The minimum Gasteiger partial charge on any atom is -0.480 e. The van der Waals surface area contributed by atoms with Crippen LogP contribution in [-0.4, -0.2) is 42.6 Å². The van der Waals surface area contributed by atoms with Crippen molar-refractivity contribution < 1.29 is 27.6 Å². The predicted octanol–water partition coefficient (Wildman–Crippen LogP) is 0.770. The van der Waals surface area contributed by atoms with Crippen LogP contribution in [0.5, 0.6) is 0 Å². The van der Waals surface area contributed by atoms with E-state index in [1.807, 2.05) is 0 Å². The van der Waals surface area contributed by atoms with E-state index in [2.05, 4.69) is 15.2 Å². The Bertz CT molecular complexity index is 904. The van der Waals surface area contributed by atoms with Crippen molar-refractivity contribution in [2.24, 2.45) is 0 Å². The average Bonchev–Trinajstić information content (AvgIpc) is 2.94. The molecule has 0 saturated carbocycles. The first-order valence-corrected chi connectivity index (χ1v) is 9.62. The monoisotopic (exact) mass is 395 g/mol. The summed E-state index contributed by atoms with van der Waals surface area (Å²) in [5.41, 5.74) is 0.897. The van der Waals surface area contributed by atoms with Crippen molar-refractivity contribution in [3.8, 4) is 0 Å². The lowest BCUT2D eigenvalue weighted by molar-refractivity contribution is -0.141. The van der Waals surface area contributed by atoms with Crippen molar-refractivity contribution in [1.29, 1.82) is 0 Å². The van der Waals surface area contributed by atoms with Crippen LogP contribution in [0.4, 0.5) is 0 Å². The minimum absolute atomic E-state index is 0.0747. The van der Waals surface area contributed by atoms with Gasteiger partial charge in [-0.3, -0.25) is 4.79 Å². The maximum atomic E-state index is 12.5. The van der Waals surface area contributed by atoms with Crippen molar-refractivity contribution in [1.82, 2.24) is 15.2 Å². The molecule has 10 heteroatoms. The second-order valence-corrected chi connectivity index (χ2v) is 7.74. The molecule has 0 aliphatic rings. The third-order valence-electron chi connectivity index (χ3n) is 3.86. The van der Waals surface area contributed by atoms with Crippen LogP contribution in [0.3, 0.4) is 0 Å². The number of sulfonamides is 1. The molecular weight excluding hydrogens is 374 g/mol. The van der Waals surface area contributed by atoms with E-state index in [1.165, 1.54) is 20.8 Å². The topological polar surface area (TPSA) is 139 Å². The molecular formula is C17H21N3O6S. The molecule has 2 aromatic rings. The van der Waals surface area contributed by atoms with E-state index in [4.69, 9.17) is 4.52 Å². The van der Waals surface area contributed by atoms with Crippen LogP contribution in [0.2, 0.25) is 0 Å². The first kappa shape index (κ1) is 20.6. The Morgan fingerprint density at radius 3 is 2.37 bits per heavy atom. The van der Waals surface area contributed by atoms with Gasteiger partial charge < -0.3 is 14.9 Å². The molecule has 0 spiro atoms. The molecule has 146 valence electrons. The first-order chi connectivity index (χ1) is 12.6. The van der Waals surface area contributed by atoms with E-state index in [1.54, 1.807) is 30.3 Å². The zero-order valence-electron chi connectivity index (χ0n) is 15.1. The highest BCUT2D eigenvalue weighted by molar-refractivity contribution is 7.89. The molecule has 0 radical (unpaired) electrons. The van der Waals surface area contributed by atoms with Gasteiger partial charge in [0.25, 0.3) is 0 Å². The fraction of sp³-hybridized carbons (Fsp3) is 0.353. The molecule has 0 saturated heterocycles. The molecule has 0 aliphatic heterocycles. The van der Waals surface area contributed by atoms with Crippen molar-refractivity contribution in [3.63, 3.8) is 0 Å². The summed E-state index contributed by atoms with van der Waals surface area (Å²) in [5.74, 6) is -1.87. The summed E-state index contributed by atoms with van der Waals surface area (Å²) < 4.78 is 32.0. The van der Waals surface area contributed by atoms with Crippen LogP contribution >= 0.6 is 0 Å². The number of carbonyl (C=O) groups excluding carboxylic acids is 1. The number of aliphatic carboxylic acids is 1. The van der Waals surface area contributed by atoms with E-state index in [0.29, 0.717) is 0 Å². The Hall–Kier alpha value is -2.72. The zero-order chi connectivity index (χ0) is 20.2. The second-order valence-electron chi connectivity index (χ2n) is 6.09. The van der Waals surface area contributed by atoms with E-state index in [-0.39, 0.29) is 22.8 Å².